The summed E-state index contributed by atoms with van der Waals surface area (Å²) < 4.78 is 11.4. The first kappa shape index (κ1) is 20.5. The van der Waals surface area contributed by atoms with E-state index in [1.807, 2.05) is 60.7 Å². The van der Waals surface area contributed by atoms with Crippen LogP contribution in [0.15, 0.2) is 66.7 Å². The molecule has 146 valence electrons. The second-order valence-electron chi connectivity index (χ2n) is 6.37. The quantitative estimate of drug-likeness (QED) is 0.440. The summed E-state index contributed by atoms with van der Waals surface area (Å²) in [5.41, 5.74) is 3.15. The van der Waals surface area contributed by atoms with Crippen LogP contribution in [0.4, 0.5) is 0 Å². The first-order valence-electron chi connectivity index (χ1n) is 9.14. The molecule has 1 N–H and O–H groups in total. The van der Waals surface area contributed by atoms with Gasteiger partial charge in [0.2, 0.25) is 0 Å². The highest BCUT2D eigenvalue weighted by molar-refractivity contribution is 6.31. The van der Waals surface area contributed by atoms with E-state index in [2.05, 4.69) is 11.4 Å². The van der Waals surface area contributed by atoms with E-state index < -0.39 is 0 Å². The molecule has 3 rings (SSSR count). The zero-order valence-corrected chi connectivity index (χ0v) is 17.3. The Kier molecular flexibility index (Phi) is 7.61. The van der Waals surface area contributed by atoms with E-state index in [0.29, 0.717) is 23.2 Å². The Morgan fingerprint density at radius 2 is 1.57 bits per heavy atom. The molecule has 0 radical (unpaired) electrons. The zero-order chi connectivity index (χ0) is 19.8. The van der Waals surface area contributed by atoms with Crippen LogP contribution in [-0.4, -0.2) is 13.7 Å². The fraction of sp³-hybridized carbons (Fsp3) is 0.217. The lowest BCUT2D eigenvalue weighted by molar-refractivity contribution is 0.302. The van der Waals surface area contributed by atoms with Crippen LogP contribution >= 0.6 is 23.2 Å². The molecule has 0 saturated carbocycles. The molecule has 5 heteroatoms. The van der Waals surface area contributed by atoms with Crippen LogP contribution in [0.1, 0.15) is 16.7 Å². The van der Waals surface area contributed by atoms with E-state index in [9.17, 15) is 0 Å². The first-order valence-corrected chi connectivity index (χ1v) is 9.90. The number of nitrogens with one attached hydrogen (secondary N) is 1. The molecule has 0 unspecified atom stereocenters. The summed E-state index contributed by atoms with van der Waals surface area (Å²) in [6.07, 6.45) is 0.875. The number of rotatable bonds is 9. The highest BCUT2D eigenvalue weighted by Crippen LogP contribution is 2.25. The monoisotopic (exact) mass is 415 g/mol. The van der Waals surface area contributed by atoms with Crippen molar-refractivity contribution in [2.24, 2.45) is 0 Å². The second kappa shape index (κ2) is 10.4. The van der Waals surface area contributed by atoms with Crippen LogP contribution in [0.3, 0.4) is 0 Å². The van der Waals surface area contributed by atoms with Gasteiger partial charge in [0.25, 0.3) is 0 Å². The molecule has 0 fully saturated rings. The average molecular weight is 416 g/mol. The van der Waals surface area contributed by atoms with Gasteiger partial charge in [-0.2, -0.15) is 0 Å². The lowest BCUT2D eigenvalue weighted by Crippen LogP contribution is -2.17. The standard InChI is InChI=1S/C23H23Cl2NO2/c1-27-22-9-5-3-6-17(22)12-13-26-15-19-14-20(24)10-11-23(19)28-16-18-7-2-4-8-21(18)25/h2-11,14,26H,12-13,15-16H2,1H3. The van der Waals surface area contributed by atoms with Crippen molar-refractivity contribution >= 4 is 23.2 Å². The number of ether oxygens (including phenoxy) is 2. The van der Waals surface area contributed by atoms with Gasteiger partial charge in [0.1, 0.15) is 18.1 Å². The predicted molar refractivity (Wildman–Crippen MR) is 116 cm³/mol. The van der Waals surface area contributed by atoms with E-state index in [1.165, 1.54) is 5.56 Å². The summed E-state index contributed by atoms with van der Waals surface area (Å²) >= 11 is 12.4. The van der Waals surface area contributed by atoms with Crippen molar-refractivity contribution in [2.45, 2.75) is 19.6 Å². The maximum atomic E-state index is 6.22. The molecule has 0 bridgehead atoms. The molecule has 0 saturated heterocycles. The highest BCUT2D eigenvalue weighted by Gasteiger charge is 2.07. The maximum absolute atomic E-state index is 6.22. The van der Waals surface area contributed by atoms with Gasteiger partial charge in [-0.25, -0.2) is 0 Å². The number of hydrogen-bond acceptors (Lipinski definition) is 3. The minimum Gasteiger partial charge on any atom is -0.496 e. The Morgan fingerprint density at radius 3 is 2.36 bits per heavy atom. The molecule has 0 atom stereocenters. The van der Waals surface area contributed by atoms with Crippen LogP contribution in [0.25, 0.3) is 0 Å². The van der Waals surface area contributed by atoms with Gasteiger partial charge in [0.15, 0.2) is 0 Å². The summed E-state index contributed by atoms with van der Waals surface area (Å²) in [5, 5.41) is 4.85. The predicted octanol–water partition coefficient (Wildman–Crippen LogP) is 5.91. The minimum atomic E-state index is 0.412. The molecule has 3 aromatic carbocycles. The van der Waals surface area contributed by atoms with Crippen molar-refractivity contribution in [3.63, 3.8) is 0 Å². The number of benzene rings is 3. The van der Waals surface area contributed by atoms with Crippen LogP contribution in [0.5, 0.6) is 11.5 Å². The molecule has 0 aromatic heterocycles. The number of methoxy groups -OCH3 is 1. The molecule has 0 heterocycles. The second-order valence-corrected chi connectivity index (χ2v) is 7.21. The third-order valence-electron chi connectivity index (χ3n) is 4.44. The summed E-state index contributed by atoms with van der Waals surface area (Å²) in [7, 11) is 1.70. The topological polar surface area (TPSA) is 30.5 Å². The van der Waals surface area contributed by atoms with Gasteiger partial charge in [-0.1, -0.05) is 59.6 Å². The maximum Gasteiger partial charge on any atom is 0.124 e. The van der Waals surface area contributed by atoms with E-state index in [1.54, 1.807) is 7.11 Å². The van der Waals surface area contributed by atoms with Gasteiger partial charge in [0.05, 0.1) is 7.11 Å². The van der Waals surface area contributed by atoms with Crippen LogP contribution in [0, 0.1) is 0 Å². The van der Waals surface area contributed by atoms with Crippen molar-refractivity contribution in [1.29, 1.82) is 0 Å². The summed E-state index contributed by atoms with van der Waals surface area (Å²) in [6.45, 7) is 1.89. The largest absolute Gasteiger partial charge is 0.496 e. The Morgan fingerprint density at radius 1 is 0.821 bits per heavy atom. The fourth-order valence-corrected chi connectivity index (χ4v) is 3.34. The van der Waals surface area contributed by atoms with Crippen LogP contribution in [0.2, 0.25) is 10.0 Å². The van der Waals surface area contributed by atoms with Crippen molar-refractivity contribution in [2.75, 3.05) is 13.7 Å². The summed E-state index contributed by atoms with van der Waals surface area (Å²) in [5.74, 6) is 1.71. The summed E-state index contributed by atoms with van der Waals surface area (Å²) in [6, 6.07) is 21.4. The third-order valence-corrected chi connectivity index (χ3v) is 5.05. The van der Waals surface area contributed by atoms with Gasteiger partial charge in [-0.05, 0) is 48.9 Å². The molecular weight excluding hydrogens is 393 g/mol. The molecule has 0 spiro atoms. The van der Waals surface area contributed by atoms with Crippen molar-refractivity contribution < 1.29 is 9.47 Å². The number of halogens is 2. The highest BCUT2D eigenvalue weighted by atomic mass is 35.5. The zero-order valence-electron chi connectivity index (χ0n) is 15.8. The minimum absolute atomic E-state index is 0.412. The number of para-hydroxylation sites is 1. The molecule has 0 amide bonds. The smallest absolute Gasteiger partial charge is 0.124 e. The normalized spacial score (nSPS) is 10.7. The molecular formula is C23H23Cl2NO2. The van der Waals surface area contributed by atoms with Crippen molar-refractivity contribution in [3.8, 4) is 11.5 Å². The molecule has 0 aliphatic rings. The van der Waals surface area contributed by atoms with Gasteiger partial charge in [-0.3, -0.25) is 0 Å². The van der Waals surface area contributed by atoms with Gasteiger partial charge in [0, 0.05) is 27.7 Å². The Hall–Kier alpha value is -2.20. The molecule has 3 nitrogen and oxygen atoms in total. The van der Waals surface area contributed by atoms with Crippen LogP contribution in [-0.2, 0) is 19.6 Å². The molecule has 3 aromatic rings. The SMILES string of the molecule is COc1ccccc1CCNCc1cc(Cl)ccc1OCc1ccccc1Cl. The van der Waals surface area contributed by atoms with Gasteiger partial charge >= 0.3 is 0 Å². The van der Waals surface area contributed by atoms with Gasteiger partial charge in [-0.15, -0.1) is 0 Å². The fourth-order valence-electron chi connectivity index (χ4n) is 2.95. The van der Waals surface area contributed by atoms with Crippen molar-refractivity contribution in [1.82, 2.24) is 5.32 Å². The molecule has 28 heavy (non-hydrogen) atoms. The Balaban J connectivity index is 1.59. The van der Waals surface area contributed by atoms with E-state index in [-0.39, 0.29) is 0 Å². The van der Waals surface area contributed by atoms with Gasteiger partial charge < -0.3 is 14.8 Å². The van der Waals surface area contributed by atoms with E-state index in [0.717, 1.165) is 35.6 Å². The molecule has 0 aliphatic carbocycles. The first-order chi connectivity index (χ1) is 13.7. The third kappa shape index (κ3) is 5.65. The Labute approximate surface area is 176 Å². The number of hydrogen-bond donors (Lipinski definition) is 1. The lowest BCUT2D eigenvalue weighted by Gasteiger charge is -2.14. The Bertz CT molecular complexity index is 915. The van der Waals surface area contributed by atoms with Crippen LogP contribution < -0.4 is 14.8 Å². The average Bonchev–Trinajstić information content (AvgIpc) is 2.72. The summed E-state index contributed by atoms with van der Waals surface area (Å²) in [4.78, 5) is 0. The van der Waals surface area contributed by atoms with Crippen molar-refractivity contribution in [3.05, 3.63) is 93.5 Å². The molecule has 0 aliphatic heterocycles. The lowest BCUT2D eigenvalue weighted by atomic mass is 10.1. The van der Waals surface area contributed by atoms with E-state index in [4.69, 9.17) is 32.7 Å². The van der Waals surface area contributed by atoms with E-state index >= 15 is 0 Å².